The van der Waals surface area contributed by atoms with Crippen LogP contribution in [-0.4, -0.2) is 36.1 Å². The SMILES string of the molecule is C[C@H]1OCCN(Cc2cccc(Br)c2)[C@@H]1C(N)=O. The van der Waals surface area contributed by atoms with Crippen molar-refractivity contribution in [1.82, 2.24) is 4.90 Å². The molecule has 0 unspecified atom stereocenters. The number of carbonyl (C=O) groups is 1. The maximum atomic E-state index is 11.5. The van der Waals surface area contributed by atoms with Gasteiger partial charge in [-0.2, -0.15) is 0 Å². The minimum atomic E-state index is -0.349. The van der Waals surface area contributed by atoms with Crippen molar-refractivity contribution in [2.45, 2.75) is 25.6 Å². The molecule has 1 saturated heterocycles. The van der Waals surface area contributed by atoms with Crippen LogP contribution in [0.15, 0.2) is 28.7 Å². The number of benzene rings is 1. The normalized spacial score (nSPS) is 25.0. The van der Waals surface area contributed by atoms with Crippen LogP contribution in [-0.2, 0) is 16.1 Å². The zero-order valence-corrected chi connectivity index (χ0v) is 11.9. The summed E-state index contributed by atoms with van der Waals surface area (Å²) in [5.74, 6) is -0.322. The van der Waals surface area contributed by atoms with Gasteiger partial charge in [-0.05, 0) is 24.6 Å². The number of nitrogens with two attached hydrogens (primary N) is 1. The summed E-state index contributed by atoms with van der Waals surface area (Å²) in [4.78, 5) is 13.6. The highest BCUT2D eigenvalue weighted by atomic mass is 79.9. The van der Waals surface area contributed by atoms with Gasteiger partial charge in [-0.25, -0.2) is 0 Å². The van der Waals surface area contributed by atoms with Gasteiger partial charge in [0.1, 0.15) is 6.04 Å². The Morgan fingerprint density at radius 1 is 1.61 bits per heavy atom. The van der Waals surface area contributed by atoms with E-state index in [1.807, 2.05) is 25.1 Å². The van der Waals surface area contributed by atoms with E-state index < -0.39 is 0 Å². The van der Waals surface area contributed by atoms with E-state index in [1.54, 1.807) is 0 Å². The lowest BCUT2D eigenvalue weighted by Gasteiger charge is -2.37. The average molecular weight is 313 g/mol. The van der Waals surface area contributed by atoms with Gasteiger partial charge in [0.05, 0.1) is 12.7 Å². The lowest BCUT2D eigenvalue weighted by molar-refractivity contribution is -0.136. The quantitative estimate of drug-likeness (QED) is 0.920. The van der Waals surface area contributed by atoms with Crippen LogP contribution in [0.5, 0.6) is 0 Å². The third-order valence-corrected chi connectivity index (χ3v) is 3.66. The highest BCUT2D eigenvalue weighted by Crippen LogP contribution is 2.19. The second kappa shape index (κ2) is 5.82. The van der Waals surface area contributed by atoms with E-state index in [4.69, 9.17) is 10.5 Å². The van der Waals surface area contributed by atoms with Crippen LogP contribution in [0, 0.1) is 0 Å². The van der Waals surface area contributed by atoms with Gasteiger partial charge < -0.3 is 10.5 Å². The Labute approximate surface area is 115 Å². The second-order valence-corrected chi connectivity index (χ2v) is 5.44. The molecule has 0 spiro atoms. The number of hydrogen-bond acceptors (Lipinski definition) is 3. The van der Waals surface area contributed by atoms with E-state index in [2.05, 4.69) is 26.9 Å². The molecule has 98 valence electrons. The molecule has 1 aromatic rings. The molecule has 2 rings (SSSR count). The van der Waals surface area contributed by atoms with E-state index in [9.17, 15) is 4.79 Å². The summed E-state index contributed by atoms with van der Waals surface area (Å²) in [5, 5.41) is 0. The Balaban J connectivity index is 2.13. The number of halogens is 1. The topological polar surface area (TPSA) is 55.6 Å². The maximum absolute atomic E-state index is 11.5. The molecule has 4 nitrogen and oxygen atoms in total. The summed E-state index contributed by atoms with van der Waals surface area (Å²) in [7, 11) is 0. The Bertz CT molecular complexity index is 439. The minimum Gasteiger partial charge on any atom is -0.375 e. The molecule has 1 aliphatic heterocycles. The molecule has 1 aliphatic rings. The molecular weight excluding hydrogens is 296 g/mol. The number of primary amides is 1. The first-order valence-corrected chi connectivity index (χ1v) is 6.76. The third-order valence-electron chi connectivity index (χ3n) is 3.16. The van der Waals surface area contributed by atoms with Crippen LogP contribution in [0.25, 0.3) is 0 Å². The predicted octanol–water partition coefficient (Wildman–Crippen LogP) is 1.52. The summed E-state index contributed by atoms with van der Waals surface area (Å²) >= 11 is 3.45. The lowest BCUT2D eigenvalue weighted by Crippen LogP contribution is -2.56. The van der Waals surface area contributed by atoms with Crippen LogP contribution in [0.4, 0.5) is 0 Å². The van der Waals surface area contributed by atoms with Crippen molar-refractivity contribution in [1.29, 1.82) is 0 Å². The van der Waals surface area contributed by atoms with Crippen molar-refractivity contribution in [3.63, 3.8) is 0 Å². The van der Waals surface area contributed by atoms with Crippen molar-refractivity contribution in [2.24, 2.45) is 5.73 Å². The first kappa shape index (κ1) is 13.5. The van der Waals surface area contributed by atoms with E-state index in [-0.39, 0.29) is 18.1 Å². The summed E-state index contributed by atoms with van der Waals surface area (Å²) in [6.45, 7) is 3.96. The summed E-state index contributed by atoms with van der Waals surface area (Å²) in [5.41, 5.74) is 6.62. The number of rotatable bonds is 3. The molecule has 5 heteroatoms. The monoisotopic (exact) mass is 312 g/mol. The van der Waals surface area contributed by atoms with E-state index in [0.717, 1.165) is 16.6 Å². The largest absolute Gasteiger partial charge is 0.375 e. The number of hydrogen-bond donors (Lipinski definition) is 1. The summed E-state index contributed by atoms with van der Waals surface area (Å²) in [6, 6.07) is 7.72. The molecule has 0 aliphatic carbocycles. The third kappa shape index (κ3) is 3.10. The zero-order valence-electron chi connectivity index (χ0n) is 10.3. The molecule has 0 aromatic heterocycles. The first-order chi connectivity index (χ1) is 8.58. The summed E-state index contributed by atoms with van der Waals surface area (Å²) in [6.07, 6.45) is -0.150. The molecule has 0 saturated carbocycles. The van der Waals surface area contributed by atoms with Gasteiger partial charge in [0.15, 0.2) is 0 Å². The zero-order chi connectivity index (χ0) is 13.1. The molecular formula is C13H17BrN2O2. The van der Waals surface area contributed by atoms with Gasteiger partial charge in [-0.1, -0.05) is 28.1 Å². The second-order valence-electron chi connectivity index (χ2n) is 4.52. The van der Waals surface area contributed by atoms with Gasteiger partial charge in [0.2, 0.25) is 5.91 Å². The fourth-order valence-corrected chi connectivity index (χ4v) is 2.79. The number of ether oxygens (including phenoxy) is 1. The first-order valence-electron chi connectivity index (χ1n) is 5.97. The smallest absolute Gasteiger partial charge is 0.237 e. The van der Waals surface area contributed by atoms with E-state index in [0.29, 0.717) is 13.2 Å². The van der Waals surface area contributed by atoms with Crippen LogP contribution in [0.3, 0.4) is 0 Å². The molecule has 2 N–H and O–H groups in total. The van der Waals surface area contributed by atoms with Crippen molar-refractivity contribution < 1.29 is 9.53 Å². The van der Waals surface area contributed by atoms with Crippen LogP contribution >= 0.6 is 15.9 Å². The fourth-order valence-electron chi connectivity index (χ4n) is 2.34. The molecule has 2 atom stereocenters. The van der Waals surface area contributed by atoms with Gasteiger partial charge in [0, 0.05) is 17.6 Å². The lowest BCUT2D eigenvalue weighted by atomic mass is 10.1. The highest BCUT2D eigenvalue weighted by Gasteiger charge is 2.33. The Kier molecular flexibility index (Phi) is 4.37. The van der Waals surface area contributed by atoms with Crippen molar-refractivity contribution in [2.75, 3.05) is 13.2 Å². The number of amides is 1. The van der Waals surface area contributed by atoms with Crippen molar-refractivity contribution >= 4 is 21.8 Å². The predicted molar refractivity (Wildman–Crippen MR) is 72.9 cm³/mol. The standard InChI is InChI=1S/C13H17BrN2O2/c1-9-12(13(15)17)16(5-6-18-9)8-10-3-2-4-11(14)7-10/h2-4,7,9,12H,5-6,8H2,1H3,(H2,15,17)/t9-,12+/m1/s1. The Morgan fingerprint density at radius 3 is 3.06 bits per heavy atom. The van der Waals surface area contributed by atoms with Crippen LogP contribution in [0.1, 0.15) is 12.5 Å². The van der Waals surface area contributed by atoms with Gasteiger partial charge in [-0.3, -0.25) is 9.69 Å². The molecule has 1 fully saturated rings. The highest BCUT2D eigenvalue weighted by molar-refractivity contribution is 9.10. The molecule has 1 amide bonds. The van der Waals surface area contributed by atoms with Crippen LogP contribution in [0.2, 0.25) is 0 Å². The Hall–Kier alpha value is -0.910. The molecule has 18 heavy (non-hydrogen) atoms. The molecule has 0 bridgehead atoms. The van der Waals surface area contributed by atoms with E-state index >= 15 is 0 Å². The van der Waals surface area contributed by atoms with Crippen molar-refractivity contribution in [3.05, 3.63) is 34.3 Å². The van der Waals surface area contributed by atoms with Crippen molar-refractivity contribution in [3.8, 4) is 0 Å². The molecule has 1 heterocycles. The fraction of sp³-hybridized carbons (Fsp3) is 0.462. The van der Waals surface area contributed by atoms with Gasteiger partial charge >= 0.3 is 0 Å². The minimum absolute atomic E-state index is 0.150. The number of carbonyl (C=O) groups excluding carboxylic acids is 1. The molecule has 1 aromatic carbocycles. The summed E-state index contributed by atoms with van der Waals surface area (Å²) < 4.78 is 6.53. The molecule has 0 radical (unpaired) electrons. The Morgan fingerprint density at radius 2 is 2.39 bits per heavy atom. The van der Waals surface area contributed by atoms with Gasteiger partial charge in [0.25, 0.3) is 0 Å². The average Bonchev–Trinajstić information content (AvgIpc) is 2.28. The van der Waals surface area contributed by atoms with E-state index in [1.165, 1.54) is 0 Å². The van der Waals surface area contributed by atoms with Gasteiger partial charge in [-0.15, -0.1) is 0 Å². The van der Waals surface area contributed by atoms with Crippen LogP contribution < -0.4 is 5.73 Å². The number of morpholine rings is 1. The number of nitrogens with zero attached hydrogens (tertiary/aromatic N) is 1. The maximum Gasteiger partial charge on any atom is 0.237 e.